The highest BCUT2D eigenvalue weighted by molar-refractivity contribution is 6.30. The molecule has 0 aliphatic rings. The third-order valence-electron chi connectivity index (χ3n) is 2.60. The van der Waals surface area contributed by atoms with Gasteiger partial charge < -0.3 is 10.5 Å². The van der Waals surface area contributed by atoms with Crippen LogP contribution in [0.4, 0.5) is 5.69 Å². The van der Waals surface area contributed by atoms with Crippen molar-refractivity contribution >= 4 is 17.3 Å². The SMILES string of the molecule is CCC(CC)COc1ccc(Cl)cc1N. The van der Waals surface area contributed by atoms with Crippen molar-refractivity contribution < 1.29 is 4.74 Å². The molecule has 0 spiro atoms. The number of nitrogens with two attached hydrogens (primary N) is 1. The first-order chi connectivity index (χ1) is 7.17. The number of hydrogen-bond donors (Lipinski definition) is 1. The number of anilines is 1. The number of rotatable bonds is 5. The summed E-state index contributed by atoms with van der Waals surface area (Å²) in [5, 5.41) is 0.641. The molecule has 0 aromatic heterocycles. The summed E-state index contributed by atoms with van der Waals surface area (Å²) in [5.41, 5.74) is 6.39. The van der Waals surface area contributed by atoms with Gasteiger partial charge in [-0.15, -0.1) is 0 Å². The molecule has 0 bridgehead atoms. The summed E-state index contributed by atoms with van der Waals surface area (Å²) in [7, 11) is 0. The van der Waals surface area contributed by atoms with Crippen LogP contribution in [0.3, 0.4) is 0 Å². The maximum Gasteiger partial charge on any atom is 0.142 e. The Morgan fingerprint density at radius 1 is 1.33 bits per heavy atom. The monoisotopic (exact) mass is 227 g/mol. The molecule has 0 aliphatic heterocycles. The quantitative estimate of drug-likeness (QED) is 0.778. The standard InChI is InChI=1S/C12H18ClNO/c1-3-9(4-2)8-15-12-6-5-10(13)7-11(12)14/h5-7,9H,3-4,8,14H2,1-2H3. The smallest absolute Gasteiger partial charge is 0.142 e. The van der Waals surface area contributed by atoms with Gasteiger partial charge in [0.05, 0.1) is 12.3 Å². The number of nitrogen functional groups attached to an aromatic ring is 1. The van der Waals surface area contributed by atoms with Crippen molar-refractivity contribution in [2.45, 2.75) is 26.7 Å². The molecule has 0 saturated heterocycles. The molecule has 0 fully saturated rings. The normalized spacial score (nSPS) is 10.7. The van der Waals surface area contributed by atoms with E-state index < -0.39 is 0 Å². The van der Waals surface area contributed by atoms with Crippen LogP contribution < -0.4 is 10.5 Å². The van der Waals surface area contributed by atoms with Gasteiger partial charge in [-0.3, -0.25) is 0 Å². The van der Waals surface area contributed by atoms with Gasteiger partial charge in [-0.1, -0.05) is 38.3 Å². The fourth-order valence-electron chi connectivity index (χ4n) is 1.38. The van der Waals surface area contributed by atoms with Crippen LogP contribution in [0.2, 0.25) is 5.02 Å². The van der Waals surface area contributed by atoms with E-state index in [-0.39, 0.29) is 0 Å². The molecule has 2 nitrogen and oxygen atoms in total. The Balaban J connectivity index is 2.57. The van der Waals surface area contributed by atoms with Gasteiger partial charge in [0.2, 0.25) is 0 Å². The fourth-order valence-corrected chi connectivity index (χ4v) is 1.56. The molecule has 1 aromatic rings. The Morgan fingerprint density at radius 2 is 2.00 bits per heavy atom. The summed E-state index contributed by atoms with van der Waals surface area (Å²) in [6.45, 7) is 5.06. The molecule has 15 heavy (non-hydrogen) atoms. The molecule has 3 heteroatoms. The third-order valence-corrected chi connectivity index (χ3v) is 2.84. The first-order valence-electron chi connectivity index (χ1n) is 5.35. The van der Waals surface area contributed by atoms with Gasteiger partial charge in [0.25, 0.3) is 0 Å². The van der Waals surface area contributed by atoms with E-state index in [0.29, 0.717) is 16.6 Å². The molecule has 0 amide bonds. The second-order valence-electron chi connectivity index (χ2n) is 3.68. The lowest BCUT2D eigenvalue weighted by Crippen LogP contribution is -2.10. The lowest BCUT2D eigenvalue weighted by Gasteiger charge is -2.14. The lowest BCUT2D eigenvalue weighted by molar-refractivity contribution is 0.242. The van der Waals surface area contributed by atoms with Crippen molar-refractivity contribution in [1.29, 1.82) is 0 Å². The van der Waals surface area contributed by atoms with Gasteiger partial charge in [-0.25, -0.2) is 0 Å². The van der Waals surface area contributed by atoms with E-state index in [9.17, 15) is 0 Å². The zero-order valence-corrected chi connectivity index (χ0v) is 10.1. The Labute approximate surface area is 96.4 Å². The van der Waals surface area contributed by atoms with Gasteiger partial charge in [0, 0.05) is 5.02 Å². The van der Waals surface area contributed by atoms with E-state index in [2.05, 4.69) is 13.8 Å². The van der Waals surface area contributed by atoms with Crippen LogP contribution in [-0.2, 0) is 0 Å². The van der Waals surface area contributed by atoms with Crippen LogP contribution in [0.15, 0.2) is 18.2 Å². The topological polar surface area (TPSA) is 35.2 Å². The van der Waals surface area contributed by atoms with Crippen molar-refractivity contribution in [3.8, 4) is 5.75 Å². The molecule has 2 N–H and O–H groups in total. The number of hydrogen-bond acceptors (Lipinski definition) is 2. The molecule has 1 aromatic carbocycles. The average Bonchev–Trinajstić information content (AvgIpc) is 2.22. The van der Waals surface area contributed by atoms with E-state index in [1.807, 2.05) is 6.07 Å². The minimum absolute atomic E-state index is 0.597. The number of halogens is 1. The Kier molecular flexibility index (Phi) is 4.76. The average molecular weight is 228 g/mol. The maximum atomic E-state index is 5.80. The van der Waals surface area contributed by atoms with Gasteiger partial charge in [0.15, 0.2) is 0 Å². The van der Waals surface area contributed by atoms with Gasteiger partial charge in [-0.05, 0) is 24.1 Å². The Hall–Kier alpha value is -0.890. The number of ether oxygens (including phenoxy) is 1. The van der Waals surface area contributed by atoms with Crippen molar-refractivity contribution in [3.63, 3.8) is 0 Å². The van der Waals surface area contributed by atoms with Crippen LogP contribution >= 0.6 is 11.6 Å². The lowest BCUT2D eigenvalue weighted by atomic mass is 10.1. The second-order valence-corrected chi connectivity index (χ2v) is 4.11. The molecule has 0 heterocycles. The summed E-state index contributed by atoms with van der Waals surface area (Å²) in [6.07, 6.45) is 2.26. The minimum Gasteiger partial charge on any atom is -0.491 e. The van der Waals surface area contributed by atoms with Crippen LogP contribution in [-0.4, -0.2) is 6.61 Å². The first kappa shape index (κ1) is 12.2. The molecule has 0 saturated carbocycles. The number of benzene rings is 1. The maximum absolute atomic E-state index is 5.80. The van der Waals surface area contributed by atoms with E-state index in [4.69, 9.17) is 22.1 Å². The summed E-state index contributed by atoms with van der Waals surface area (Å²) in [4.78, 5) is 0. The molecule has 0 unspecified atom stereocenters. The summed E-state index contributed by atoms with van der Waals surface area (Å²) < 4.78 is 5.65. The highest BCUT2D eigenvalue weighted by Gasteiger charge is 2.06. The second kappa shape index (κ2) is 5.86. The third kappa shape index (κ3) is 3.63. The predicted molar refractivity (Wildman–Crippen MR) is 65.4 cm³/mol. The predicted octanol–water partition coefficient (Wildman–Crippen LogP) is 3.74. The minimum atomic E-state index is 0.597. The van der Waals surface area contributed by atoms with E-state index >= 15 is 0 Å². The van der Waals surface area contributed by atoms with Crippen LogP contribution in [0.25, 0.3) is 0 Å². The highest BCUT2D eigenvalue weighted by Crippen LogP contribution is 2.25. The van der Waals surface area contributed by atoms with Gasteiger partial charge in [-0.2, -0.15) is 0 Å². The van der Waals surface area contributed by atoms with Gasteiger partial charge in [0.1, 0.15) is 5.75 Å². The summed E-state index contributed by atoms with van der Waals surface area (Å²) in [5.74, 6) is 1.33. The largest absolute Gasteiger partial charge is 0.491 e. The highest BCUT2D eigenvalue weighted by atomic mass is 35.5. The molecule has 1 rings (SSSR count). The fraction of sp³-hybridized carbons (Fsp3) is 0.500. The van der Waals surface area contributed by atoms with Crippen LogP contribution in [0.5, 0.6) is 5.75 Å². The van der Waals surface area contributed by atoms with E-state index in [1.54, 1.807) is 12.1 Å². The van der Waals surface area contributed by atoms with E-state index in [1.165, 1.54) is 0 Å². The van der Waals surface area contributed by atoms with Crippen molar-refractivity contribution in [2.75, 3.05) is 12.3 Å². The first-order valence-corrected chi connectivity index (χ1v) is 5.73. The Morgan fingerprint density at radius 3 is 2.53 bits per heavy atom. The zero-order valence-electron chi connectivity index (χ0n) is 9.29. The van der Waals surface area contributed by atoms with Crippen LogP contribution in [0.1, 0.15) is 26.7 Å². The Bertz CT molecular complexity index is 310. The van der Waals surface area contributed by atoms with E-state index in [0.717, 1.165) is 25.2 Å². The molecular formula is C12H18ClNO. The van der Waals surface area contributed by atoms with Crippen molar-refractivity contribution in [2.24, 2.45) is 5.92 Å². The molecule has 0 radical (unpaired) electrons. The summed E-state index contributed by atoms with van der Waals surface area (Å²) >= 11 is 5.80. The summed E-state index contributed by atoms with van der Waals surface area (Å²) in [6, 6.07) is 5.32. The van der Waals surface area contributed by atoms with Crippen molar-refractivity contribution in [1.82, 2.24) is 0 Å². The molecule has 84 valence electrons. The zero-order chi connectivity index (χ0) is 11.3. The van der Waals surface area contributed by atoms with Gasteiger partial charge >= 0.3 is 0 Å². The molecule has 0 aliphatic carbocycles. The van der Waals surface area contributed by atoms with Crippen LogP contribution in [0, 0.1) is 5.92 Å². The van der Waals surface area contributed by atoms with Crippen molar-refractivity contribution in [3.05, 3.63) is 23.2 Å². The molecular weight excluding hydrogens is 210 g/mol. The molecule has 0 atom stereocenters.